The summed E-state index contributed by atoms with van der Waals surface area (Å²) in [6.07, 6.45) is 0.277. The number of nitrogens with zero attached hydrogens (tertiary/aromatic N) is 2. The summed E-state index contributed by atoms with van der Waals surface area (Å²) in [6, 6.07) is -0.176. The van der Waals surface area contributed by atoms with E-state index in [0.717, 1.165) is 16.8 Å². The van der Waals surface area contributed by atoms with Gasteiger partial charge in [0.25, 0.3) is 5.56 Å². The van der Waals surface area contributed by atoms with Gasteiger partial charge in [-0.25, -0.2) is 4.98 Å². The second-order valence-corrected chi connectivity index (χ2v) is 5.46. The molecule has 0 saturated heterocycles. The van der Waals surface area contributed by atoms with Crippen molar-refractivity contribution in [1.29, 1.82) is 0 Å². The molecule has 2 aromatic heterocycles. The standard InChI is InChI=1S/C14H21N5O2/c1-7(15)5-11(20)16-6-10-8(2)12-13(17-9(10)3)19(4)18-14(12)21/h7H,5-6,15H2,1-4H3,(H,16,20)(H,18,21). The number of fused-ring (bicyclic) bond motifs is 1. The van der Waals surface area contributed by atoms with Gasteiger partial charge >= 0.3 is 0 Å². The van der Waals surface area contributed by atoms with Gasteiger partial charge in [-0.1, -0.05) is 0 Å². The maximum absolute atomic E-state index is 11.9. The fourth-order valence-corrected chi connectivity index (χ4v) is 2.46. The Morgan fingerprint density at radius 1 is 1.48 bits per heavy atom. The molecule has 2 rings (SSSR count). The fraction of sp³-hybridized carbons (Fsp3) is 0.500. The number of aryl methyl sites for hydroxylation is 3. The summed E-state index contributed by atoms with van der Waals surface area (Å²) in [6.45, 7) is 5.88. The summed E-state index contributed by atoms with van der Waals surface area (Å²) in [5, 5.41) is 6.09. The molecule has 0 radical (unpaired) electrons. The van der Waals surface area contributed by atoms with E-state index in [0.29, 0.717) is 17.6 Å². The van der Waals surface area contributed by atoms with Crippen molar-refractivity contribution >= 4 is 16.9 Å². The van der Waals surface area contributed by atoms with Crippen molar-refractivity contribution in [3.8, 4) is 0 Å². The maximum Gasteiger partial charge on any atom is 0.273 e. The Kier molecular flexibility index (Phi) is 4.13. The minimum Gasteiger partial charge on any atom is -0.352 e. The molecule has 0 aliphatic carbocycles. The number of hydrogen-bond acceptors (Lipinski definition) is 4. The van der Waals surface area contributed by atoms with Crippen LogP contribution in [-0.4, -0.2) is 26.7 Å². The van der Waals surface area contributed by atoms with Crippen LogP contribution in [0.3, 0.4) is 0 Å². The second kappa shape index (κ2) is 5.69. The molecule has 1 amide bonds. The Labute approximate surface area is 122 Å². The van der Waals surface area contributed by atoms with Gasteiger partial charge in [-0.15, -0.1) is 0 Å². The number of aromatic amines is 1. The third-order valence-electron chi connectivity index (χ3n) is 3.55. The van der Waals surface area contributed by atoms with Gasteiger partial charge in [-0.3, -0.25) is 19.4 Å². The number of amides is 1. The summed E-state index contributed by atoms with van der Waals surface area (Å²) in [4.78, 5) is 28.1. The predicted octanol–water partition coefficient (Wildman–Crippen LogP) is 0.232. The van der Waals surface area contributed by atoms with Crippen LogP contribution in [0.1, 0.15) is 30.2 Å². The van der Waals surface area contributed by atoms with Crippen LogP contribution in [0.4, 0.5) is 0 Å². The van der Waals surface area contributed by atoms with E-state index in [1.807, 2.05) is 13.8 Å². The van der Waals surface area contributed by atoms with E-state index in [-0.39, 0.29) is 23.9 Å². The lowest BCUT2D eigenvalue weighted by Crippen LogP contribution is -2.30. The number of hydrogen-bond donors (Lipinski definition) is 3. The molecule has 0 aliphatic heterocycles. The quantitative estimate of drug-likeness (QED) is 0.749. The first-order chi connectivity index (χ1) is 9.81. The van der Waals surface area contributed by atoms with Crippen LogP contribution >= 0.6 is 0 Å². The third-order valence-corrected chi connectivity index (χ3v) is 3.55. The number of nitrogens with two attached hydrogens (primary N) is 1. The van der Waals surface area contributed by atoms with Crippen molar-refractivity contribution in [2.24, 2.45) is 12.8 Å². The third kappa shape index (κ3) is 2.97. The van der Waals surface area contributed by atoms with E-state index >= 15 is 0 Å². The molecule has 0 aliphatic rings. The molecule has 0 bridgehead atoms. The number of carbonyl (C=O) groups excluding carboxylic acids is 1. The first-order valence-corrected chi connectivity index (χ1v) is 6.88. The van der Waals surface area contributed by atoms with E-state index in [9.17, 15) is 9.59 Å². The number of H-pyrrole nitrogens is 1. The van der Waals surface area contributed by atoms with E-state index in [1.54, 1.807) is 18.7 Å². The van der Waals surface area contributed by atoms with E-state index in [1.165, 1.54) is 0 Å². The maximum atomic E-state index is 11.9. The van der Waals surface area contributed by atoms with Gasteiger partial charge in [0.15, 0.2) is 5.65 Å². The molecule has 7 nitrogen and oxygen atoms in total. The molecule has 0 fully saturated rings. The highest BCUT2D eigenvalue weighted by Gasteiger charge is 2.15. The van der Waals surface area contributed by atoms with E-state index in [2.05, 4.69) is 15.4 Å². The summed E-state index contributed by atoms with van der Waals surface area (Å²) >= 11 is 0. The van der Waals surface area contributed by atoms with Crippen LogP contribution in [0.15, 0.2) is 4.79 Å². The Hall–Kier alpha value is -2.15. The zero-order valence-electron chi connectivity index (χ0n) is 12.8. The number of aromatic nitrogens is 3. The van der Waals surface area contributed by atoms with Crippen LogP contribution in [0.2, 0.25) is 0 Å². The van der Waals surface area contributed by atoms with Crippen molar-refractivity contribution in [1.82, 2.24) is 20.1 Å². The lowest BCUT2D eigenvalue weighted by atomic mass is 10.0. The highest BCUT2D eigenvalue weighted by molar-refractivity contribution is 5.80. The van der Waals surface area contributed by atoms with E-state index in [4.69, 9.17) is 5.73 Å². The smallest absolute Gasteiger partial charge is 0.273 e. The van der Waals surface area contributed by atoms with Crippen LogP contribution in [-0.2, 0) is 18.4 Å². The van der Waals surface area contributed by atoms with Crippen LogP contribution in [0.25, 0.3) is 11.0 Å². The summed E-state index contributed by atoms with van der Waals surface area (Å²) < 4.78 is 1.61. The summed E-state index contributed by atoms with van der Waals surface area (Å²) in [5.74, 6) is -0.106. The lowest BCUT2D eigenvalue weighted by molar-refractivity contribution is -0.121. The molecule has 7 heteroatoms. The predicted molar refractivity (Wildman–Crippen MR) is 80.9 cm³/mol. The molecule has 0 saturated carbocycles. The lowest BCUT2D eigenvalue weighted by Gasteiger charge is -2.12. The average Bonchev–Trinajstić information content (AvgIpc) is 2.63. The molecular weight excluding hydrogens is 270 g/mol. The highest BCUT2D eigenvalue weighted by atomic mass is 16.1. The highest BCUT2D eigenvalue weighted by Crippen LogP contribution is 2.19. The van der Waals surface area contributed by atoms with Crippen molar-refractivity contribution in [3.63, 3.8) is 0 Å². The number of carbonyl (C=O) groups is 1. The summed E-state index contributed by atoms with van der Waals surface area (Å²) in [5.41, 5.74) is 8.58. The van der Waals surface area contributed by atoms with E-state index < -0.39 is 0 Å². The van der Waals surface area contributed by atoms with Gasteiger partial charge in [0.05, 0.1) is 5.39 Å². The monoisotopic (exact) mass is 291 g/mol. The molecule has 2 heterocycles. The van der Waals surface area contributed by atoms with Crippen LogP contribution < -0.4 is 16.6 Å². The molecule has 1 unspecified atom stereocenters. The van der Waals surface area contributed by atoms with Gasteiger partial charge in [0.1, 0.15) is 0 Å². The van der Waals surface area contributed by atoms with Gasteiger partial charge in [0, 0.05) is 31.7 Å². The molecule has 4 N–H and O–H groups in total. The second-order valence-electron chi connectivity index (χ2n) is 5.46. The van der Waals surface area contributed by atoms with Crippen molar-refractivity contribution in [2.75, 3.05) is 0 Å². The zero-order valence-corrected chi connectivity index (χ0v) is 12.8. The Balaban J connectivity index is 2.34. The van der Waals surface area contributed by atoms with Crippen LogP contribution in [0, 0.1) is 13.8 Å². The number of pyridine rings is 1. The average molecular weight is 291 g/mol. The minimum atomic E-state index is -0.176. The number of nitrogens with one attached hydrogen (secondary N) is 2. The van der Waals surface area contributed by atoms with Gasteiger partial charge in [-0.05, 0) is 31.9 Å². The van der Waals surface area contributed by atoms with Gasteiger partial charge < -0.3 is 11.1 Å². The van der Waals surface area contributed by atoms with Crippen molar-refractivity contribution < 1.29 is 4.79 Å². The van der Waals surface area contributed by atoms with Crippen molar-refractivity contribution in [2.45, 2.75) is 39.8 Å². The molecular formula is C14H21N5O2. The zero-order chi connectivity index (χ0) is 15.7. The molecule has 0 spiro atoms. The molecule has 1 atom stereocenters. The first kappa shape index (κ1) is 15.2. The van der Waals surface area contributed by atoms with Crippen LogP contribution in [0.5, 0.6) is 0 Å². The topological polar surface area (TPSA) is 106 Å². The summed E-state index contributed by atoms with van der Waals surface area (Å²) in [7, 11) is 1.75. The SMILES string of the molecule is Cc1nc2c(c(C)c1CNC(=O)CC(C)N)c(=O)[nH]n2C. The largest absolute Gasteiger partial charge is 0.352 e. The Morgan fingerprint density at radius 3 is 2.76 bits per heavy atom. The number of rotatable bonds is 4. The fourth-order valence-electron chi connectivity index (χ4n) is 2.46. The molecule has 114 valence electrons. The normalized spacial score (nSPS) is 12.6. The molecule has 21 heavy (non-hydrogen) atoms. The van der Waals surface area contributed by atoms with Crippen molar-refractivity contribution in [3.05, 3.63) is 27.2 Å². The first-order valence-electron chi connectivity index (χ1n) is 6.88. The van der Waals surface area contributed by atoms with Gasteiger partial charge in [0.2, 0.25) is 5.91 Å². The van der Waals surface area contributed by atoms with Gasteiger partial charge in [-0.2, -0.15) is 0 Å². The minimum absolute atomic E-state index is 0.106. The molecule has 2 aromatic rings. The molecule has 0 aromatic carbocycles. The Bertz CT molecular complexity index is 742. The Morgan fingerprint density at radius 2 is 2.14 bits per heavy atom.